The molecule has 7 heteroatoms. The smallest absolute Gasteiger partial charge is 0.408 e. The molecule has 0 bridgehead atoms. The zero-order chi connectivity index (χ0) is 18.6. The van der Waals surface area contributed by atoms with Gasteiger partial charge in [0.05, 0.1) is 5.56 Å². The van der Waals surface area contributed by atoms with Crippen molar-refractivity contribution in [1.29, 1.82) is 0 Å². The first kappa shape index (κ1) is 19.5. The number of phenolic OH excluding ortho intramolecular Hbond substituents is 1. The van der Waals surface area contributed by atoms with Gasteiger partial charge in [0.25, 0.3) is 0 Å². The fourth-order valence-corrected chi connectivity index (χ4v) is 2.99. The third-order valence-electron chi connectivity index (χ3n) is 3.93. The average Bonchev–Trinajstić information content (AvgIpc) is 2.53. The van der Waals surface area contributed by atoms with E-state index in [1.54, 1.807) is 20.8 Å². The Morgan fingerprint density at radius 2 is 2.08 bits per heavy atom. The molecule has 1 aliphatic heterocycles. The fraction of sp³-hybridized carbons (Fsp3) is 0.556. The Kier molecular flexibility index (Phi) is 6.30. The molecule has 1 amide bonds. The Bertz CT molecular complexity index is 636. The number of benzene rings is 1. The lowest BCUT2D eigenvalue weighted by atomic mass is 9.91. The minimum absolute atomic E-state index is 0.0842. The number of hydrogen-bond acceptors (Lipinski definition) is 5. The van der Waals surface area contributed by atoms with Crippen molar-refractivity contribution in [3.05, 3.63) is 28.8 Å². The summed E-state index contributed by atoms with van der Waals surface area (Å²) in [6, 6.07) is 3.20. The number of hydrogen-bond donors (Lipinski definition) is 3. The van der Waals surface area contributed by atoms with Gasteiger partial charge in [-0.05, 0) is 58.4 Å². The van der Waals surface area contributed by atoms with Crippen LogP contribution >= 0.6 is 11.6 Å². The van der Waals surface area contributed by atoms with Crippen molar-refractivity contribution < 1.29 is 19.4 Å². The lowest BCUT2D eigenvalue weighted by molar-refractivity contribution is 0.0473. The molecule has 2 rings (SSSR count). The molecule has 1 aromatic carbocycles. The van der Waals surface area contributed by atoms with E-state index in [2.05, 4.69) is 10.6 Å². The van der Waals surface area contributed by atoms with Gasteiger partial charge in [0.2, 0.25) is 0 Å². The van der Waals surface area contributed by atoms with E-state index >= 15 is 0 Å². The van der Waals surface area contributed by atoms with E-state index < -0.39 is 23.5 Å². The van der Waals surface area contributed by atoms with Crippen LogP contribution in [0.4, 0.5) is 4.79 Å². The van der Waals surface area contributed by atoms with Crippen LogP contribution in [-0.2, 0) is 4.74 Å². The molecular formula is C18H25ClN2O4. The van der Waals surface area contributed by atoms with Crippen molar-refractivity contribution in [2.45, 2.75) is 57.7 Å². The molecule has 1 fully saturated rings. The van der Waals surface area contributed by atoms with E-state index in [0.29, 0.717) is 5.02 Å². The minimum Gasteiger partial charge on any atom is -0.507 e. The summed E-state index contributed by atoms with van der Waals surface area (Å²) in [7, 11) is 0. The number of phenols is 1. The highest BCUT2D eigenvalue weighted by molar-refractivity contribution is 6.31. The third-order valence-corrected chi connectivity index (χ3v) is 4.16. The van der Waals surface area contributed by atoms with Gasteiger partial charge in [-0.1, -0.05) is 18.0 Å². The van der Waals surface area contributed by atoms with Gasteiger partial charge in [-0.3, -0.25) is 4.79 Å². The molecule has 0 saturated carbocycles. The monoisotopic (exact) mass is 368 g/mol. The number of Topliss-reactive ketones (excluding diaryl/α,β-unsaturated/α-hetero) is 1. The van der Waals surface area contributed by atoms with Gasteiger partial charge in [0.1, 0.15) is 17.4 Å². The first-order valence-electron chi connectivity index (χ1n) is 8.43. The van der Waals surface area contributed by atoms with Gasteiger partial charge in [-0.25, -0.2) is 4.79 Å². The number of rotatable bonds is 4. The van der Waals surface area contributed by atoms with Gasteiger partial charge < -0.3 is 20.5 Å². The first-order chi connectivity index (χ1) is 11.7. The van der Waals surface area contributed by atoms with E-state index in [9.17, 15) is 14.7 Å². The number of aromatic hydroxyl groups is 1. The number of nitrogens with one attached hydrogen (secondary N) is 2. The summed E-state index contributed by atoms with van der Waals surface area (Å²) < 4.78 is 5.28. The van der Waals surface area contributed by atoms with E-state index in [1.807, 2.05) is 0 Å². The number of amides is 1. The lowest BCUT2D eigenvalue weighted by Crippen LogP contribution is -2.56. The molecule has 1 aromatic rings. The van der Waals surface area contributed by atoms with Crippen LogP contribution in [0.25, 0.3) is 0 Å². The number of ketones is 1. The first-order valence-corrected chi connectivity index (χ1v) is 8.81. The maximum Gasteiger partial charge on any atom is 0.408 e. The zero-order valence-corrected chi connectivity index (χ0v) is 15.5. The summed E-state index contributed by atoms with van der Waals surface area (Å²) >= 11 is 5.95. The Labute approximate surface area is 152 Å². The molecule has 25 heavy (non-hydrogen) atoms. The second-order valence-corrected chi connectivity index (χ2v) is 7.64. The largest absolute Gasteiger partial charge is 0.507 e. The average molecular weight is 369 g/mol. The van der Waals surface area contributed by atoms with Gasteiger partial charge in [-0.15, -0.1) is 0 Å². The van der Waals surface area contributed by atoms with Crippen molar-refractivity contribution in [3.63, 3.8) is 0 Å². The zero-order valence-electron chi connectivity index (χ0n) is 14.8. The molecule has 138 valence electrons. The van der Waals surface area contributed by atoms with Crippen LogP contribution in [0.1, 0.15) is 50.4 Å². The topological polar surface area (TPSA) is 87.7 Å². The van der Waals surface area contributed by atoms with E-state index in [4.69, 9.17) is 16.3 Å². The number of carbonyl (C=O) groups excluding carboxylic acids is 2. The number of piperidine rings is 1. The second-order valence-electron chi connectivity index (χ2n) is 7.21. The fourth-order valence-electron chi connectivity index (χ4n) is 2.82. The Hall–Kier alpha value is -1.79. The summed E-state index contributed by atoms with van der Waals surface area (Å²) in [6.07, 6.45) is 2.05. The van der Waals surface area contributed by atoms with Gasteiger partial charge in [0, 0.05) is 11.1 Å². The van der Waals surface area contributed by atoms with Crippen LogP contribution < -0.4 is 10.6 Å². The summed E-state index contributed by atoms with van der Waals surface area (Å²) in [5.41, 5.74) is -0.587. The summed E-state index contributed by atoms with van der Waals surface area (Å²) in [6.45, 7) is 6.03. The normalized spacial score (nSPS) is 19.1. The van der Waals surface area contributed by atoms with Crippen molar-refractivity contribution in [2.75, 3.05) is 6.54 Å². The Morgan fingerprint density at radius 3 is 2.68 bits per heavy atom. The molecule has 6 nitrogen and oxygen atoms in total. The SMILES string of the molecule is CC(C)(C)OC(=O)NC(C(=O)c1cc(Cl)ccc1O)C1CCCCN1. The molecule has 2 atom stereocenters. The third kappa shape index (κ3) is 5.61. The van der Waals surface area contributed by atoms with Crippen LogP contribution in [0, 0.1) is 0 Å². The van der Waals surface area contributed by atoms with E-state index in [1.165, 1.54) is 18.2 Å². The highest BCUT2D eigenvalue weighted by Gasteiger charge is 2.34. The van der Waals surface area contributed by atoms with Gasteiger partial charge >= 0.3 is 6.09 Å². The van der Waals surface area contributed by atoms with E-state index in [-0.39, 0.29) is 17.4 Å². The highest BCUT2D eigenvalue weighted by atomic mass is 35.5. The molecule has 0 radical (unpaired) electrons. The quantitative estimate of drug-likeness (QED) is 0.710. The van der Waals surface area contributed by atoms with Crippen LogP contribution in [0.3, 0.4) is 0 Å². The molecule has 3 N–H and O–H groups in total. The summed E-state index contributed by atoms with van der Waals surface area (Å²) in [4.78, 5) is 25.2. The predicted octanol–water partition coefficient (Wildman–Crippen LogP) is 3.26. The molecule has 0 spiro atoms. The van der Waals surface area contributed by atoms with Crippen LogP contribution in [0.2, 0.25) is 5.02 Å². The predicted molar refractivity (Wildman–Crippen MR) is 96.2 cm³/mol. The molecule has 1 heterocycles. The number of ether oxygens (including phenoxy) is 1. The molecular weight excluding hydrogens is 344 g/mol. The molecule has 0 aromatic heterocycles. The summed E-state index contributed by atoms with van der Waals surface area (Å²) in [5, 5.41) is 16.3. The summed E-state index contributed by atoms with van der Waals surface area (Å²) in [5.74, 6) is -0.563. The molecule has 1 saturated heterocycles. The Morgan fingerprint density at radius 1 is 1.36 bits per heavy atom. The maximum absolute atomic E-state index is 13.0. The highest BCUT2D eigenvalue weighted by Crippen LogP contribution is 2.25. The van der Waals surface area contributed by atoms with Crippen molar-refractivity contribution >= 4 is 23.5 Å². The van der Waals surface area contributed by atoms with Crippen molar-refractivity contribution in [3.8, 4) is 5.75 Å². The second kappa shape index (κ2) is 8.06. The van der Waals surface area contributed by atoms with Crippen molar-refractivity contribution in [1.82, 2.24) is 10.6 Å². The van der Waals surface area contributed by atoms with Crippen LogP contribution in [-0.4, -0.2) is 41.2 Å². The van der Waals surface area contributed by atoms with Crippen LogP contribution in [0.5, 0.6) is 5.75 Å². The number of alkyl carbamates (subject to hydrolysis) is 1. The number of halogens is 1. The maximum atomic E-state index is 13.0. The Balaban J connectivity index is 2.25. The van der Waals surface area contributed by atoms with E-state index in [0.717, 1.165) is 25.8 Å². The van der Waals surface area contributed by atoms with Crippen LogP contribution in [0.15, 0.2) is 18.2 Å². The van der Waals surface area contributed by atoms with Gasteiger partial charge in [0.15, 0.2) is 5.78 Å². The lowest BCUT2D eigenvalue weighted by Gasteiger charge is -2.32. The molecule has 2 unspecified atom stereocenters. The van der Waals surface area contributed by atoms with Gasteiger partial charge in [-0.2, -0.15) is 0 Å². The molecule has 1 aliphatic rings. The molecule has 0 aliphatic carbocycles. The van der Waals surface area contributed by atoms with Crippen molar-refractivity contribution in [2.24, 2.45) is 0 Å². The standard InChI is InChI=1S/C18H25ClN2O4/c1-18(2,3)25-17(24)21-15(13-6-4-5-9-20-13)16(23)12-10-11(19)7-8-14(12)22/h7-8,10,13,15,20,22H,4-6,9H2,1-3H3,(H,21,24). The minimum atomic E-state index is -0.848. The number of carbonyl (C=O) groups is 2.